The van der Waals surface area contributed by atoms with E-state index in [9.17, 15) is 9.90 Å². The summed E-state index contributed by atoms with van der Waals surface area (Å²) in [6.45, 7) is 5.16. The second kappa shape index (κ2) is 5.14. The van der Waals surface area contributed by atoms with Crippen LogP contribution in [0.15, 0.2) is 23.3 Å². The maximum Gasteiger partial charge on any atom is 0.223 e. The van der Waals surface area contributed by atoms with Crippen LogP contribution >= 0.6 is 0 Å². The largest absolute Gasteiger partial charge is 0.503 e. The number of nitrogens with zero attached hydrogens (tertiary/aromatic N) is 2. The predicted octanol–water partition coefficient (Wildman–Crippen LogP) is -0.114. The van der Waals surface area contributed by atoms with E-state index in [4.69, 9.17) is 4.74 Å². The zero-order valence-corrected chi connectivity index (χ0v) is 9.13. The molecule has 1 fully saturated rings. The smallest absolute Gasteiger partial charge is 0.223 e. The highest BCUT2D eigenvalue weighted by atomic mass is 16.5. The van der Waals surface area contributed by atoms with Gasteiger partial charge in [-0.2, -0.15) is 0 Å². The lowest BCUT2D eigenvalue weighted by atomic mass is 10.4. The van der Waals surface area contributed by atoms with Gasteiger partial charge in [-0.15, -0.1) is 0 Å². The first kappa shape index (κ1) is 11.2. The molecule has 1 saturated heterocycles. The van der Waals surface area contributed by atoms with Crippen LogP contribution in [-0.2, 0) is 11.3 Å². The molecule has 0 aliphatic carbocycles. The van der Waals surface area contributed by atoms with Crippen LogP contribution in [-0.4, -0.2) is 47.4 Å². The van der Waals surface area contributed by atoms with E-state index < -0.39 is 0 Å². The Bertz CT molecular complexity index is 396. The van der Waals surface area contributed by atoms with Crippen molar-refractivity contribution in [1.29, 1.82) is 0 Å². The molecular weight excluding hydrogens is 208 g/mol. The van der Waals surface area contributed by atoms with E-state index >= 15 is 0 Å². The molecule has 2 heterocycles. The topological polar surface area (TPSA) is 54.7 Å². The van der Waals surface area contributed by atoms with Gasteiger partial charge in [0.1, 0.15) is 0 Å². The third-order valence-corrected chi connectivity index (χ3v) is 2.74. The summed E-state index contributed by atoms with van der Waals surface area (Å²) in [5.74, 6) is -0.190. The van der Waals surface area contributed by atoms with Gasteiger partial charge in [0.2, 0.25) is 5.43 Å². The minimum atomic E-state index is -0.331. The highest BCUT2D eigenvalue weighted by Gasteiger charge is 2.09. The maximum atomic E-state index is 11.0. The monoisotopic (exact) mass is 224 g/mol. The average molecular weight is 224 g/mol. The molecule has 0 spiro atoms. The van der Waals surface area contributed by atoms with Gasteiger partial charge in [0, 0.05) is 44.6 Å². The van der Waals surface area contributed by atoms with Gasteiger partial charge in [-0.3, -0.25) is 9.69 Å². The summed E-state index contributed by atoms with van der Waals surface area (Å²) < 4.78 is 7.08. The molecule has 0 unspecified atom stereocenters. The van der Waals surface area contributed by atoms with Crippen LogP contribution < -0.4 is 5.43 Å². The fraction of sp³-hybridized carbons (Fsp3) is 0.545. The molecule has 16 heavy (non-hydrogen) atoms. The van der Waals surface area contributed by atoms with Crippen LogP contribution in [0.5, 0.6) is 5.75 Å². The Labute approximate surface area is 93.9 Å². The molecule has 0 amide bonds. The van der Waals surface area contributed by atoms with E-state index in [1.165, 1.54) is 12.3 Å². The second-order valence-electron chi connectivity index (χ2n) is 3.89. The van der Waals surface area contributed by atoms with Crippen LogP contribution in [0.4, 0.5) is 0 Å². The summed E-state index contributed by atoms with van der Waals surface area (Å²) in [6, 6.07) is 1.38. The molecule has 5 heteroatoms. The fourth-order valence-corrected chi connectivity index (χ4v) is 1.73. The van der Waals surface area contributed by atoms with Crippen molar-refractivity contribution >= 4 is 0 Å². The Hall–Kier alpha value is -1.33. The molecule has 1 aliphatic heterocycles. The van der Waals surface area contributed by atoms with E-state index in [1.807, 2.05) is 4.57 Å². The summed E-state index contributed by atoms with van der Waals surface area (Å²) in [6.07, 6.45) is 3.17. The van der Waals surface area contributed by atoms with Gasteiger partial charge in [0.15, 0.2) is 5.75 Å². The molecule has 0 bridgehead atoms. The molecule has 0 radical (unpaired) electrons. The van der Waals surface area contributed by atoms with E-state index in [0.29, 0.717) is 0 Å². The van der Waals surface area contributed by atoms with Gasteiger partial charge in [0.05, 0.1) is 13.2 Å². The highest BCUT2D eigenvalue weighted by Crippen LogP contribution is 2.01. The first-order valence-corrected chi connectivity index (χ1v) is 5.45. The minimum Gasteiger partial charge on any atom is -0.503 e. The first-order valence-electron chi connectivity index (χ1n) is 5.45. The van der Waals surface area contributed by atoms with Crippen LogP contribution in [0.3, 0.4) is 0 Å². The SMILES string of the molecule is O=c1ccn(CCN2CCOCC2)cc1O. The number of pyridine rings is 1. The van der Waals surface area contributed by atoms with Gasteiger partial charge in [-0.05, 0) is 0 Å². The zero-order valence-electron chi connectivity index (χ0n) is 9.13. The van der Waals surface area contributed by atoms with Gasteiger partial charge in [-0.1, -0.05) is 0 Å². The van der Waals surface area contributed by atoms with Crippen molar-refractivity contribution < 1.29 is 9.84 Å². The zero-order chi connectivity index (χ0) is 11.4. The van der Waals surface area contributed by atoms with Crippen molar-refractivity contribution in [3.63, 3.8) is 0 Å². The number of hydrogen-bond donors (Lipinski definition) is 1. The Morgan fingerprint density at radius 3 is 2.75 bits per heavy atom. The van der Waals surface area contributed by atoms with Crippen LogP contribution in [0.1, 0.15) is 0 Å². The summed E-state index contributed by atoms with van der Waals surface area (Å²) in [7, 11) is 0. The van der Waals surface area contributed by atoms with Gasteiger partial charge < -0.3 is 14.4 Å². The van der Waals surface area contributed by atoms with Crippen molar-refractivity contribution in [2.45, 2.75) is 6.54 Å². The van der Waals surface area contributed by atoms with E-state index in [-0.39, 0.29) is 11.2 Å². The van der Waals surface area contributed by atoms with E-state index in [2.05, 4.69) is 4.90 Å². The molecule has 1 aromatic rings. The lowest BCUT2D eigenvalue weighted by molar-refractivity contribution is 0.0363. The summed E-state index contributed by atoms with van der Waals surface area (Å²) >= 11 is 0. The lowest BCUT2D eigenvalue weighted by Gasteiger charge is -2.26. The van der Waals surface area contributed by atoms with E-state index in [0.717, 1.165) is 39.4 Å². The van der Waals surface area contributed by atoms with Gasteiger partial charge >= 0.3 is 0 Å². The molecule has 0 atom stereocenters. The average Bonchev–Trinajstić information content (AvgIpc) is 2.32. The minimum absolute atomic E-state index is 0.190. The number of aromatic hydroxyl groups is 1. The van der Waals surface area contributed by atoms with Crippen LogP contribution in [0, 0.1) is 0 Å². The molecular formula is C11H16N2O3. The number of rotatable bonds is 3. The van der Waals surface area contributed by atoms with Crippen molar-refractivity contribution in [2.24, 2.45) is 0 Å². The standard InChI is InChI=1S/C11H16N2O3/c14-10-1-2-13(9-11(10)15)4-3-12-5-7-16-8-6-12/h1-2,9,15H,3-8H2. The maximum absolute atomic E-state index is 11.0. The summed E-state index contributed by atoms with van der Waals surface area (Å²) in [5.41, 5.74) is -0.331. The number of aromatic nitrogens is 1. The Morgan fingerprint density at radius 1 is 1.31 bits per heavy atom. The normalized spacial score (nSPS) is 17.5. The fourth-order valence-electron chi connectivity index (χ4n) is 1.73. The summed E-state index contributed by atoms with van der Waals surface area (Å²) in [5, 5.41) is 9.27. The molecule has 5 nitrogen and oxygen atoms in total. The van der Waals surface area contributed by atoms with Crippen molar-refractivity contribution in [3.8, 4) is 5.75 Å². The molecule has 1 N–H and O–H groups in total. The van der Waals surface area contributed by atoms with E-state index in [1.54, 1.807) is 6.20 Å². The third kappa shape index (κ3) is 2.84. The van der Waals surface area contributed by atoms with Gasteiger partial charge in [-0.25, -0.2) is 0 Å². The van der Waals surface area contributed by atoms with Gasteiger partial charge in [0.25, 0.3) is 0 Å². The second-order valence-corrected chi connectivity index (χ2v) is 3.89. The first-order chi connectivity index (χ1) is 7.75. The lowest BCUT2D eigenvalue weighted by Crippen LogP contribution is -2.38. The third-order valence-electron chi connectivity index (χ3n) is 2.74. The number of morpholine rings is 1. The predicted molar refractivity (Wildman–Crippen MR) is 59.6 cm³/mol. The highest BCUT2D eigenvalue weighted by molar-refractivity contribution is 5.14. The summed E-state index contributed by atoms with van der Waals surface area (Å²) in [4.78, 5) is 13.3. The Kier molecular flexibility index (Phi) is 3.58. The number of ether oxygens (including phenoxy) is 1. The molecule has 0 aromatic carbocycles. The molecule has 0 saturated carbocycles. The Balaban J connectivity index is 1.88. The van der Waals surface area contributed by atoms with Crippen LogP contribution in [0.25, 0.3) is 0 Å². The quantitative estimate of drug-likeness (QED) is 0.778. The van der Waals surface area contributed by atoms with Crippen molar-refractivity contribution in [1.82, 2.24) is 9.47 Å². The molecule has 1 aliphatic rings. The van der Waals surface area contributed by atoms with Crippen LogP contribution in [0.2, 0.25) is 0 Å². The van der Waals surface area contributed by atoms with Crippen molar-refractivity contribution in [2.75, 3.05) is 32.8 Å². The molecule has 1 aromatic heterocycles. The Morgan fingerprint density at radius 2 is 2.06 bits per heavy atom. The number of hydrogen-bond acceptors (Lipinski definition) is 4. The molecule has 88 valence electrons. The van der Waals surface area contributed by atoms with Crippen molar-refractivity contribution in [3.05, 3.63) is 28.7 Å². The molecule has 2 rings (SSSR count).